The van der Waals surface area contributed by atoms with Crippen molar-refractivity contribution < 1.29 is 9.59 Å². The van der Waals surface area contributed by atoms with Gasteiger partial charge in [0.1, 0.15) is 5.41 Å². The van der Waals surface area contributed by atoms with Gasteiger partial charge in [-0.15, -0.1) is 0 Å². The third-order valence-electron chi connectivity index (χ3n) is 4.37. The molecule has 2 aliphatic carbocycles. The summed E-state index contributed by atoms with van der Waals surface area (Å²) in [7, 11) is 3.48. The Balaban J connectivity index is 2.39. The third kappa shape index (κ3) is 1.12. The first-order chi connectivity index (χ1) is 6.82. The topological polar surface area (TPSA) is 37.4 Å². The Morgan fingerprint density at radius 1 is 1.40 bits per heavy atom. The molecular formula is C12H19NO2. The zero-order valence-corrected chi connectivity index (χ0v) is 9.96. The molecule has 0 aromatic rings. The molecular weight excluding hydrogens is 190 g/mol. The maximum Gasteiger partial charge on any atom is 0.235 e. The van der Waals surface area contributed by atoms with Crippen LogP contribution in [-0.4, -0.2) is 30.7 Å². The van der Waals surface area contributed by atoms with E-state index in [1.54, 1.807) is 19.0 Å². The van der Waals surface area contributed by atoms with E-state index in [4.69, 9.17) is 0 Å². The molecule has 3 nitrogen and oxygen atoms in total. The fraction of sp³-hybridized carbons (Fsp3) is 0.833. The summed E-state index contributed by atoms with van der Waals surface area (Å²) in [6, 6.07) is 0. The summed E-state index contributed by atoms with van der Waals surface area (Å²) in [4.78, 5) is 26.0. The lowest BCUT2D eigenvalue weighted by Crippen LogP contribution is -2.46. The number of amides is 1. The van der Waals surface area contributed by atoms with Gasteiger partial charge in [-0.05, 0) is 25.2 Å². The third-order valence-corrected chi connectivity index (χ3v) is 4.37. The Kier molecular flexibility index (Phi) is 2.01. The van der Waals surface area contributed by atoms with Gasteiger partial charge >= 0.3 is 0 Å². The Morgan fingerprint density at radius 3 is 2.40 bits per heavy atom. The second-order valence-electron chi connectivity index (χ2n) is 5.77. The number of carbonyl (C=O) groups is 2. The number of carbonyl (C=O) groups excluding carboxylic acids is 2. The van der Waals surface area contributed by atoms with Crippen LogP contribution in [0.15, 0.2) is 0 Å². The maximum absolute atomic E-state index is 12.3. The van der Waals surface area contributed by atoms with Gasteiger partial charge in [-0.1, -0.05) is 13.8 Å². The zero-order valence-electron chi connectivity index (χ0n) is 9.96. The van der Waals surface area contributed by atoms with Crippen LogP contribution >= 0.6 is 0 Å². The van der Waals surface area contributed by atoms with Gasteiger partial charge in [0.05, 0.1) is 0 Å². The molecule has 0 aromatic carbocycles. The summed E-state index contributed by atoms with van der Waals surface area (Å²) < 4.78 is 0. The van der Waals surface area contributed by atoms with Gasteiger partial charge in [-0.25, -0.2) is 0 Å². The van der Waals surface area contributed by atoms with Crippen molar-refractivity contribution in [3.63, 3.8) is 0 Å². The number of hydrogen-bond donors (Lipinski definition) is 0. The van der Waals surface area contributed by atoms with Crippen molar-refractivity contribution in [3.8, 4) is 0 Å². The van der Waals surface area contributed by atoms with E-state index in [0.29, 0.717) is 5.92 Å². The molecule has 0 heterocycles. The molecule has 0 N–H and O–H groups in total. The quantitative estimate of drug-likeness (QED) is 0.613. The van der Waals surface area contributed by atoms with E-state index in [1.165, 1.54) is 0 Å². The minimum Gasteiger partial charge on any atom is -0.348 e. The molecule has 1 amide bonds. The second kappa shape index (κ2) is 2.83. The first-order valence-corrected chi connectivity index (χ1v) is 5.59. The largest absolute Gasteiger partial charge is 0.348 e. The molecule has 2 rings (SSSR count). The average molecular weight is 209 g/mol. The molecule has 2 saturated carbocycles. The monoisotopic (exact) mass is 209 g/mol. The number of fused-ring (bicyclic) bond motifs is 2. The smallest absolute Gasteiger partial charge is 0.235 e. The number of ketones is 1. The molecule has 0 radical (unpaired) electrons. The van der Waals surface area contributed by atoms with E-state index >= 15 is 0 Å². The first-order valence-electron chi connectivity index (χ1n) is 5.59. The van der Waals surface area contributed by atoms with Gasteiger partial charge < -0.3 is 4.90 Å². The molecule has 2 unspecified atom stereocenters. The molecule has 0 spiro atoms. The van der Waals surface area contributed by atoms with Crippen LogP contribution in [-0.2, 0) is 9.59 Å². The number of Topliss-reactive ketones (excluding diaryl/α,β-unsaturated/α-hetero) is 1. The number of hydrogen-bond acceptors (Lipinski definition) is 2. The van der Waals surface area contributed by atoms with Crippen molar-refractivity contribution in [2.75, 3.05) is 14.1 Å². The van der Waals surface area contributed by atoms with E-state index in [-0.39, 0.29) is 17.1 Å². The highest BCUT2D eigenvalue weighted by atomic mass is 16.2. The number of nitrogens with zero attached hydrogens (tertiary/aromatic N) is 1. The Bertz CT molecular complexity index is 333. The first kappa shape index (κ1) is 10.7. The van der Waals surface area contributed by atoms with Gasteiger partial charge in [0.25, 0.3) is 0 Å². The van der Waals surface area contributed by atoms with E-state index in [0.717, 1.165) is 19.3 Å². The summed E-state index contributed by atoms with van der Waals surface area (Å²) in [6.07, 6.45) is 2.56. The van der Waals surface area contributed by atoms with Crippen molar-refractivity contribution in [2.45, 2.75) is 33.1 Å². The lowest BCUT2D eigenvalue weighted by molar-refractivity contribution is -0.149. The molecule has 2 atom stereocenters. The molecule has 0 saturated heterocycles. The van der Waals surface area contributed by atoms with Gasteiger partial charge in [0, 0.05) is 19.5 Å². The number of rotatable bonds is 1. The van der Waals surface area contributed by atoms with Crippen LogP contribution < -0.4 is 0 Å². The molecule has 3 heteroatoms. The lowest BCUT2D eigenvalue weighted by Gasteiger charge is -2.33. The van der Waals surface area contributed by atoms with Gasteiger partial charge in [0.2, 0.25) is 5.91 Å². The van der Waals surface area contributed by atoms with E-state index in [9.17, 15) is 9.59 Å². The van der Waals surface area contributed by atoms with Crippen molar-refractivity contribution in [2.24, 2.45) is 16.7 Å². The minimum atomic E-state index is -0.669. The Labute approximate surface area is 90.8 Å². The summed E-state index contributed by atoms with van der Waals surface area (Å²) >= 11 is 0. The molecule has 84 valence electrons. The van der Waals surface area contributed by atoms with Gasteiger partial charge in [0.15, 0.2) is 5.78 Å². The normalized spacial score (nSPS) is 37.1. The fourth-order valence-electron chi connectivity index (χ4n) is 3.39. The van der Waals surface area contributed by atoms with Crippen LogP contribution in [0.1, 0.15) is 33.1 Å². The minimum absolute atomic E-state index is 0.0144. The van der Waals surface area contributed by atoms with Crippen LogP contribution in [0.5, 0.6) is 0 Å². The summed E-state index contributed by atoms with van der Waals surface area (Å²) in [5.41, 5.74) is -0.957. The van der Waals surface area contributed by atoms with Crippen molar-refractivity contribution in [1.29, 1.82) is 0 Å². The Hall–Kier alpha value is -0.860. The fourth-order valence-corrected chi connectivity index (χ4v) is 3.39. The van der Waals surface area contributed by atoms with Crippen LogP contribution in [0.3, 0.4) is 0 Å². The predicted octanol–water partition coefficient (Wildman–Crippen LogP) is 1.47. The van der Waals surface area contributed by atoms with E-state index in [1.807, 2.05) is 13.8 Å². The average Bonchev–Trinajstić information content (AvgIpc) is 2.66. The molecule has 0 aromatic heterocycles. The maximum atomic E-state index is 12.3. The molecule has 15 heavy (non-hydrogen) atoms. The standard InChI is InChI=1S/C12H19NO2/c1-11(2)8-5-6-12(7-8,9(11)14)10(15)13(3)4/h8H,5-7H2,1-4H3. The summed E-state index contributed by atoms with van der Waals surface area (Å²) in [5, 5.41) is 0. The highest BCUT2D eigenvalue weighted by Crippen LogP contribution is 2.60. The van der Waals surface area contributed by atoms with Gasteiger partial charge in [-0.2, -0.15) is 0 Å². The lowest BCUT2D eigenvalue weighted by atomic mass is 9.70. The van der Waals surface area contributed by atoms with Crippen molar-refractivity contribution in [3.05, 3.63) is 0 Å². The van der Waals surface area contributed by atoms with Crippen LogP contribution in [0, 0.1) is 16.7 Å². The molecule has 2 aliphatic rings. The second-order valence-corrected chi connectivity index (χ2v) is 5.77. The van der Waals surface area contributed by atoms with Crippen molar-refractivity contribution in [1.82, 2.24) is 4.90 Å². The highest BCUT2D eigenvalue weighted by Gasteiger charge is 2.65. The van der Waals surface area contributed by atoms with Crippen LogP contribution in [0.2, 0.25) is 0 Å². The molecule has 0 aliphatic heterocycles. The SMILES string of the molecule is CN(C)C(=O)C12CCC(C1)C(C)(C)C2=O. The summed E-state index contributed by atoms with van der Waals surface area (Å²) in [5.74, 6) is 0.597. The predicted molar refractivity (Wildman–Crippen MR) is 57.3 cm³/mol. The molecule has 2 fully saturated rings. The molecule has 2 bridgehead atoms. The van der Waals surface area contributed by atoms with E-state index in [2.05, 4.69) is 0 Å². The zero-order chi connectivity index (χ0) is 11.4. The van der Waals surface area contributed by atoms with Crippen LogP contribution in [0.4, 0.5) is 0 Å². The summed E-state index contributed by atoms with van der Waals surface area (Å²) in [6.45, 7) is 3.98. The Morgan fingerprint density at radius 2 is 2.00 bits per heavy atom. The van der Waals surface area contributed by atoms with E-state index < -0.39 is 5.41 Å². The van der Waals surface area contributed by atoms with Gasteiger partial charge in [-0.3, -0.25) is 9.59 Å². The van der Waals surface area contributed by atoms with Crippen molar-refractivity contribution >= 4 is 11.7 Å². The van der Waals surface area contributed by atoms with Crippen LogP contribution in [0.25, 0.3) is 0 Å². The highest BCUT2D eigenvalue weighted by molar-refractivity contribution is 6.10.